The molecule has 0 unspecified atom stereocenters. The van der Waals surface area contributed by atoms with Crippen LogP contribution in [0.4, 0.5) is 5.82 Å². The van der Waals surface area contributed by atoms with E-state index in [1.165, 1.54) is 0 Å². The molecule has 2 heterocycles. The second kappa shape index (κ2) is 9.86. The van der Waals surface area contributed by atoms with Gasteiger partial charge >= 0.3 is 0 Å². The third kappa shape index (κ3) is 5.25. The lowest BCUT2D eigenvalue weighted by molar-refractivity contribution is -0.131. The van der Waals surface area contributed by atoms with Gasteiger partial charge in [-0.1, -0.05) is 0 Å². The van der Waals surface area contributed by atoms with Gasteiger partial charge in [-0.15, -0.1) is 11.3 Å². The Balaban J connectivity index is 1.91. The summed E-state index contributed by atoms with van der Waals surface area (Å²) in [5, 5.41) is 3.91. The fourth-order valence-electron chi connectivity index (χ4n) is 3.27. The summed E-state index contributed by atoms with van der Waals surface area (Å²) in [6, 6.07) is 7.92. The minimum absolute atomic E-state index is 0.0249. The van der Waals surface area contributed by atoms with E-state index in [9.17, 15) is 4.79 Å². The number of hydrogen-bond donors (Lipinski definition) is 0. The molecule has 0 N–H and O–H groups in total. The molecule has 160 valence electrons. The number of hydrogen-bond acceptors (Lipinski definition) is 7. The van der Waals surface area contributed by atoms with Crippen molar-refractivity contribution in [2.24, 2.45) is 0 Å². The Labute approximate surface area is 181 Å². The minimum Gasteiger partial charge on any atom is -0.497 e. The third-order valence-electron chi connectivity index (χ3n) is 4.78. The molecule has 0 bridgehead atoms. The number of aryl methyl sites for hydroxylation is 1. The highest BCUT2D eigenvalue weighted by molar-refractivity contribution is 7.09. The SMILES string of the molecule is COCCN(Cc1cc2ccc(OC)cc2nc1N(C)C)C(=O)Cc1csc(C)n1. The molecule has 3 aromatic rings. The van der Waals surface area contributed by atoms with Gasteiger partial charge in [0.1, 0.15) is 11.6 Å². The first-order chi connectivity index (χ1) is 14.4. The molecule has 3 rings (SSSR count). The number of pyridine rings is 1. The van der Waals surface area contributed by atoms with Crippen molar-refractivity contribution in [3.05, 3.63) is 45.9 Å². The number of carbonyl (C=O) groups is 1. The van der Waals surface area contributed by atoms with Crippen LogP contribution in [0.2, 0.25) is 0 Å². The number of aromatic nitrogens is 2. The van der Waals surface area contributed by atoms with E-state index in [2.05, 4.69) is 11.1 Å². The normalized spacial score (nSPS) is 11.0. The first-order valence-electron chi connectivity index (χ1n) is 9.74. The van der Waals surface area contributed by atoms with Crippen LogP contribution < -0.4 is 9.64 Å². The summed E-state index contributed by atoms with van der Waals surface area (Å²) in [6.45, 7) is 3.37. The van der Waals surface area contributed by atoms with Crippen LogP contribution >= 0.6 is 11.3 Å². The Hall–Kier alpha value is -2.71. The lowest BCUT2D eigenvalue weighted by atomic mass is 10.1. The maximum absolute atomic E-state index is 13.0. The number of carbonyl (C=O) groups excluding carboxylic acids is 1. The summed E-state index contributed by atoms with van der Waals surface area (Å²) in [5.74, 6) is 1.62. The van der Waals surface area contributed by atoms with Gasteiger partial charge in [0.15, 0.2) is 0 Å². The zero-order valence-electron chi connectivity index (χ0n) is 18.1. The molecule has 0 spiro atoms. The summed E-state index contributed by atoms with van der Waals surface area (Å²) in [6.07, 6.45) is 0.281. The van der Waals surface area contributed by atoms with Gasteiger partial charge in [0, 0.05) is 56.7 Å². The van der Waals surface area contributed by atoms with Crippen molar-refractivity contribution in [2.45, 2.75) is 19.9 Å². The molecule has 0 radical (unpaired) electrons. The number of nitrogens with zero attached hydrogens (tertiary/aromatic N) is 4. The fraction of sp³-hybridized carbons (Fsp3) is 0.409. The first-order valence-corrected chi connectivity index (χ1v) is 10.6. The lowest BCUT2D eigenvalue weighted by Crippen LogP contribution is -2.35. The molecule has 1 amide bonds. The monoisotopic (exact) mass is 428 g/mol. The van der Waals surface area contributed by atoms with Crippen LogP contribution in [0.25, 0.3) is 10.9 Å². The molecule has 0 saturated carbocycles. The molecular weight excluding hydrogens is 400 g/mol. The van der Waals surface area contributed by atoms with E-state index < -0.39 is 0 Å². The van der Waals surface area contributed by atoms with Gasteiger partial charge in [-0.2, -0.15) is 0 Å². The molecule has 0 aliphatic rings. The molecule has 0 atom stereocenters. The van der Waals surface area contributed by atoms with Crippen LogP contribution in [0.3, 0.4) is 0 Å². The van der Waals surface area contributed by atoms with Crippen molar-refractivity contribution in [3.8, 4) is 5.75 Å². The minimum atomic E-state index is 0.0249. The van der Waals surface area contributed by atoms with E-state index in [4.69, 9.17) is 14.5 Å². The highest BCUT2D eigenvalue weighted by Gasteiger charge is 2.19. The van der Waals surface area contributed by atoms with Gasteiger partial charge < -0.3 is 19.3 Å². The maximum Gasteiger partial charge on any atom is 0.229 e. The molecule has 7 nitrogen and oxygen atoms in total. The Kier molecular flexibility index (Phi) is 7.23. The summed E-state index contributed by atoms with van der Waals surface area (Å²) >= 11 is 1.56. The average Bonchev–Trinajstić information content (AvgIpc) is 3.14. The van der Waals surface area contributed by atoms with Gasteiger partial charge in [0.25, 0.3) is 0 Å². The molecule has 0 saturated heterocycles. The topological polar surface area (TPSA) is 67.8 Å². The number of benzene rings is 1. The second-order valence-electron chi connectivity index (χ2n) is 7.27. The van der Waals surface area contributed by atoms with Crippen molar-refractivity contribution >= 4 is 34.0 Å². The summed E-state index contributed by atoms with van der Waals surface area (Å²) in [5.41, 5.74) is 2.65. The molecule has 8 heteroatoms. The van der Waals surface area contributed by atoms with Crippen LogP contribution in [0.5, 0.6) is 5.75 Å². The van der Waals surface area contributed by atoms with E-state index >= 15 is 0 Å². The average molecular weight is 429 g/mol. The number of amides is 1. The van der Waals surface area contributed by atoms with Gasteiger partial charge in [0.05, 0.1) is 36.4 Å². The highest BCUT2D eigenvalue weighted by atomic mass is 32.1. The standard InChI is InChI=1S/C22H28N4O3S/c1-15-23-18(14-30-15)11-21(27)26(8-9-28-4)13-17-10-16-6-7-19(29-5)12-20(16)24-22(17)25(2)3/h6-7,10,12,14H,8-9,11,13H2,1-5H3. The molecule has 30 heavy (non-hydrogen) atoms. The Morgan fingerprint density at radius 2 is 1.97 bits per heavy atom. The van der Waals surface area contributed by atoms with E-state index in [0.717, 1.165) is 38.7 Å². The van der Waals surface area contributed by atoms with Crippen molar-refractivity contribution < 1.29 is 14.3 Å². The highest BCUT2D eigenvalue weighted by Crippen LogP contribution is 2.27. The number of fused-ring (bicyclic) bond motifs is 1. The number of methoxy groups -OCH3 is 2. The van der Waals surface area contributed by atoms with Gasteiger partial charge in [-0.3, -0.25) is 4.79 Å². The number of thiazole rings is 1. The Bertz CT molecular complexity index is 1020. The van der Waals surface area contributed by atoms with Crippen LogP contribution in [0.1, 0.15) is 16.3 Å². The van der Waals surface area contributed by atoms with Gasteiger partial charge in [0.2, 0.25) is 5.91 Å². The predicted octanol–water partition coefficient (Wildman–Crippen LogP) is 3.29. The maximum atomic E-state index is 13.0. The molecule has 1 aromatic carbocycles. The van der Waals surface area contributed by atoms with Crippen molar-refractivity contribution in [3.63, 3.8) is 0 Å². The molecule has 0 aliphatic carbocycles. The zero-order chi connectivity index (χ0) is 21.7. The van der Waals surface area contributed by atoms with Crippen LogP contribution in [0.15, 0.2) is 29.6 Å². The van der Waals surface area contributed by atoms with E-state index in [1.807, 2.05) is 54.4 Å². The summed E-state index contributed by atoms with van der Waals surface area (Å²) in [7, 11) is 7.20. The van der Waals surface area contributed by atoms with Crippen molar-refractivity contribution in [1.29, 1.82) is 0 Å². The Morgan fingerprint density at radius 3 is 2.60 bits per heavy atom. The van der Waals surface area contributed by atoms with Gasteiger partial charge in [-0.05, 0) is 25.1 Å². The molecule has 2 aromatic heterocycles. The van der Waals surface area contributed by atoms with Crippen molar-refractivity contribution in [2.75, 3.05) is 46.4 Å². The smallest absolute Gasteiger partial charge is 0.229 e. The number of rotatable bonds is 9. The summed E-state index contributed by atoms with van der Waals surface area (Å²) < 4.78 is 10.6. The van der Waals surface area contributed by atoms with Crippen molar-refractivity contribution in [1.82, 2.24) is 14.9 Å². The molecular formula is C22H28N4O3S. The third-order valence-corrected chi connectivity index (χ3v) is 5.60. The lowest BCUT2D eigenvalue weighted by Gasteiger charge is -2.25. The predicted molar refractivity (Wildman–Crippen MR) is 120 cm³/mol. The van der Waals surface area contributed by atoms with E-state index in [0.29, 0.717) is 19.7 Å². The Morgan fingerprint density at radius 1 is 1.17 bits per heavy atom. The van der Waals surface area contributed by atoms with Gasteiger partial charge in [-0.25, -0.2) is 9.97 Å². The zero-order valence-corrected chi connectivity index (χ0v) is 19.0. The largest absolute Gasteiger partial charge is 0.497 e. The van der Waals surface area contributed by atoms with Crippen LogP contribution in [-0.4, -0.2) is 62.2 Å². The molecule has 0 aliphatic heterocycles. The van der Waals surface area contributed by atoms with E-state index in [-0.39, 0.29) is 12.3 Å². The van der Waals surface area contributed by atoms with Crippen LogP contribution in [0, 0.1) is 6.92 Å². The molecule has 0 fully saturated rings. The van der Waals surface area contributed by atoms with E-state index in [1.54, 1.807) is 25.6 Å². The first kappa shape index (κ1) is 22.0. The number of ether oxygens (including phenoxy) is 2. The quantitative estimate of drug-likeness (QED) is 0.521. The number of anilines is 1. The van der Waals surface area contributed by atoms with Crippen LogP contribution in [-0.2, 0) is 22.5 Å². The second-order valence-corrected chi connectivity index (χ2v) is 8.33. The summed E-state index contributed by atoms with van der Waals surface area (Å²) in [4.78, 5) is 26.1. The fourth-order valence-corrected chi connectivity index (χ4v) is 3.88.